The Kier molecular flexibility index (Phi) is 5.76. The van der Waals surface area contributed by atoms with Crippen molar-refractivity contribution in [2.45, 2.75) is 26.8 Å². The van der Waals surface area contributed by atoms with E-state index in [1.54, 1.807) is 0 Å². The monoisotopic (exact) mass is 381 g/mol. The molecule has 1 atom stereocenters. The predicted octanol–water partition coefficient (Wildman–Crippen LogP) is 3.83. The normalized spacial score (nSPS) is 16.4. The third-order valence-electron chi connectivity index (χ3n) is 4.45. The summed E-state index contributed by atoms with van der Waals surface area (Å²) in [5.41, 5.74) is 4.08. The fraction of sp³-hybridized carbons (Fsp3) is 0.238. The van der Waals surface area contributed by atoms with E-state index in [-0.39, 0.29) is 11.9 Å². The lowest BCUT2D eigenvalue weighted by atomic mass is 9.92. The van der Waals surface area contributed by atoms with E-state index in [0.29, 0.717) is 28.7 Å². The second-order valence-electron chi connectivity index (χ2n) is 6.31. The van der Waals surface area contributed by atoms with Crippen LogP contribution in [-0.4, -0.2) is 17.6 Å². The van der Waals surface area contributed by atoms with E-state index in [0.717, 1.165) is 16.8 Å². The van der Waals surface area contributed by atoms with Gasteiger partial charge in [0.25, 0.3) is 5.91 Å². The second-order valence-corrected chi connectivity index (χ2v) is 6.72. The molecule has 0 radical (unpaired) electrons. The van der Waals surface area contributed by atoms with Crippen LogP contribution in [0, 0.1) is 6.92 Å². The smallest absolute Gasteiger partial charge is 0.255 e. The molecule has 0 bridgehead atoms. The molecule has 3 N–H and O–H groups in total. The van der Waals surface area contributed by atoms with Crippen molar-refractivity contribution in [3.8, 4) is 5.75 Å². The van der Waals surface area contributed by atoms with Gasteiger partial charge in [-0.3, -0.25) is 4.79 Å². The lowest BCUT2D eigenvalue weighted by molar-refractivity contribution is -0.113. The van der Waals surface area contributed by atoms with Crippen LogP contribution in [0.5, 0.6) is 5.75 Å². The van der Waals surface area contributed by atoms with Crippen molar-refractivity contribution >= 4 is 28.9 Å². The molecule has 2 aromatic carbocycles. The van der Waals surface area contributed by atoms with Crippen LogP contribution in [-0.2, 0) is 4.79 Å². The van der Waals surface area contributed by atoms with Crippen molar-refractivity contribution in [3.63, 3.8) is 0 Å². The van der Waals surface area contributed by atoms with E-state index in [2.05, 4.69) is 16.0 Å². The van der Waals surface area contributed by atoms with Gasteiger partial charge in [-0.05, 0) is 56.2 Å². The molecule has 1 aliphatic rings. The maximum atomic E-state index is 13.2. The largest absolute Gasteiger partial charge is 0.492 e. The Morgan fingerprint density at radius 3 is 2.59 bits per heavy atom. The number of carbonyl (C=O) groups is 1. The lowest BCUT2D eigenvalue weighted by Crippen LogP contribution is -2.46. The third kappa shape index (κ3) is 4.11. The highest BCUT2D eigenvalue weighted by Crippen LogP contribution is 2.31. The fourth-order valence-electron chi connectivity index (χ4n) is 3.18. The molecule has 1 heterocycles. The molecule has 1 unspecified atom stereocenters. The number of amides is 1. The van der Waals surface area contributed by atoms with Gasteiger partial charge in [0.05, 0.1) is 23.9 Å². The third-order valence-corrected chi connectivity index (χ3v) is 4.67. The Hall–Kier alpha value is -2.86. The predicted molar refractivity (Wildman–Crippen MR) is 112 cm³/mol. The van der Waals surface area contributed by atoms with Gasteiger partial charge in [-0.25, -0.2) is 0 Å². The summed E-state index contributed by atoms with van der Waals surface area (Å²) in [5.74, 6) is 0.446. The molecule has 0 spiro atoms. The lowest BCUT2D eigenvalue weighted by Gasteiger charge is -2.31. The van der Waals surface area contributed by atoms with Gasteiger partial charge in [-0.1, -0.05) is 36.4 Å². The summed E-state index contributed by atoms with van der Waals surface area (Å²) in [4.78, 5) is 13.2. The number of aryl methyl sites for hydroxylation is 1. The van der Waals surface area contributed by atoms with E-state index in [4.69, 9.17) is 17.0 Å². The molecule has 0 fully saturated rings. The maximum Gasteiger partial charge on any atom is 0.255 e. The molecule has 3 rings (SSSR count). The Bertz CT molecular complexity index is 908. The van der Waals surface area contributed by atoms with Crippen LogP contribution in [0.3, 0.4) is 0 Å². The Morgan fingerprint density at radius 1 is 1.15 bits per heavy atom. The molecule has 1 amide bonds. The molecular formula is C21H23N3O2S. The summed E-state index contributed by atoms with van der Waals surface area (Å²) >= 11 is 5.32. The van der Waals surface area contributed by atoms with E-state index < -0.39 is 0 Å². The number of benzene rings is 2. The van der Waals surface area contributed by atoms with Crippen molar-refractivity contribution in [1.82, 2.24) is 10.6 Å². The number of para-hydroxylation sites is 2. The molecule has 1 aliphatic heterocycles. The minimum Gasteiger partial charge on any atom is -0.492 e. The first-order valence-electron chi connectivity index (χ1n) is 8.88. The van der Waals surface area contributed by atoms with Gasteiger partial charge in [0, 0.05) is 5.70 Å². The SMILES string of the molecule is CCOc1ccccc1NC(=O)C1=C(C)NC(=S)NC1c1ccccc1C. The van der Waals surface area contributed by atoms with Gasteiger partial charge in [0.15, 0.2) is 5.11 Å². The van der Waals surface area contributed by atoms with Gasteiger partial charge >= 0.3 is 0 Å². The van der Waals surface area contributed by atoms with Crippen LogP contribution >= 0.6 is 12.2 Å². The number of ether oxygens (including phenoxy) is 1. The number of carbonyl (C=O) groups excluding carboxylic acids is 1. The second kappa shape index (κ2) is 8.22. The first-order chi connectivity index (χ1) is 13.0. The highest BCUT2D eigenvalue weighted by Gasteiger charge is 2.31. The number of hydrogen-bond donors (Lipinski definition) is 3. The number of thiocarbonyl (C=S) groups is 1. The zero-order chi connectivity index (χ0) is 19.4. The average Bonchev–Trinajstić information content (AvgIpc) is 2.63. The summed E-state index contributed by atoms with van der Waals surface area (Å²) in [7, 11) is 0. The van der Waals surface area contributed by atoms with Crippen LogP contribution < -0.4 is 20.7 Å². The molecule has 5 nitrogen and oxygen atoms in total. The Labute approximate surface area is 164 Å². The minimum absolute atomic E-state index is 0.199. The first-order valence-corrected chi connectivity index (χ1v) is 9.29. The van der Waals surface area contributed by atoms with E-state index >= 15 is 0 Å². The molecule has 27 heavy (non-hydrogen) atoms. The van der Waals surface area contributed by atoms with Gasteiger partial charge < -0.3 is 20.7 Å². The van der Waals surface area contributed by atoms with E-state index in [1.165, 1.54) is 0 Å². The van der Waals surface area contributed by atoms with Crippen molar-refractivity contribution in [2.75, 3.05) is 11.9 Å². The summed E-state index contributed by atoms with van der Waals surface area (Å²) in [6.45, 7) is 6.33. The average molecular weight is 382 g/mol. The van der Waals surface area contributed by atoms with Crippen LogP contribution in [0.15, 0.2) is 59.8 Å². The molecule has 0 saturated heterocycles. The number of nitrogens with one attached hydrogen (secondary N) is 3. The van der Waals surface area contributed by atoms with Gasteiger partial charge in [-0.2, -0.15) is 0 Å². The first kappa shape index (κ1) is 18.9. The maximum absolute atomic E-state index is 13.2. The van der Waals surface area contributed by atoms with Crippen molar-refractivity contribution in [1.29, 1.82) is 0 Å². The van der Waals surface area contributed by atoms with E-state index in [1.807, 2.05) is 69.3 Å². The zero-order valence-electron chi connectivity index (χ0n) is 15.6. The molecule has 140 valence electrons. The van der Waals surface area contributed by atoms with Crippen LogP contribution in [0.4, 0.5) is 5.69 Å². The van der Waals surface area contributed by atoms with Crippen LogP contribution in [0.1, 0.15) is 31.0 Å². The highest BCUT2D eigenvalue weighted by molar-refractivity contribution is 7.80. The topological polar surface area (TPSA) is 62.4 Å². The molecule has 0 aliphatic carbocycles. The summed E-state index contributed by atoms with van der Waals surface area (Å²) in [6, 6.07) is 15.1. The van der Waals surface area contributed by atoms with Gasteiger partial charge in [-0.15, -0.1) is 0 Å². The van der Waals surface area contributed by atoms with Crippen molar-refractivity contribution < 1.29 is 9.53 Å². The molecular weight excluding hydrogens is 358 g/mol. The molecule has 6 heteroatoms. The van der Waals surface area contributed by atoms with Gasteiger partial charge in [0.1, 0.15) is 5.75 Å². The summed E-state index contributed by atoms with van der Waals surface area (Å²) < 4.78 is 5.62. The zero-order valence-corrected chi connectivity index (χ0v) is 16.4. The number of hydrogen-bond acceptors (Lipinski definition) is 3. The molecule has 0 saturated carbocycles. The number of anilines is 1. The van der Waals surface area contributed by atoms with Crippen LogP contribution in [0.2, 0.25) is 0 Å². The number of rotatable bonds is 5. The Morgan fingerprint density at radius 2 is 1.85 bits per heavy atom. The minimum atomic E-state index is -0.320. The Balaban J connectivity index is 1.97. The fourth-order valence-corrected chi connectivity index (χ4v) is 3.45. The highest BCUT2D eigenvalue weighted by atomic mass is 32.1. The van der Waals surface area contributed by atoms with Crippen molar-refractivity contribution in [3.05, 3.63) is 70.9 Å². The quantitative estimate of drug-likeness (QED) is 0.687. The summed E-state index contributed by atoms with van der Waals surface area (Å²) in [5, 5.41) is 9.78. The molecule has 2 aromatic rings. The van der Waals surface area contributed by atoms with Crippen molar-refractivity contribution in [2.24, 2.45) is 0 Å². The standard InChI is InChI=1S/C21H23N3O2S/c1-4-26-17-12-8-7-11-16(17)23-20(25)18-14(3)22-21(27)24-19(18)15-10-6-5-9-13(15)2/h5-12,19H,4H2,1-3H3,(H,23,25)(H2,22,24,27). The molecule has 0 aromatic heterocycles. The van der Waals surface area contributed by atoms with E-state index in [9.17, 15) is 4.79 Å². The summed E-state index contributed by atoms with van der Waals surface area (Å²) in [6.07, 6.45) is 0. The van der Waals surface area contributed by atoms with Crippen LogP contribution in [0.25, 0.3) is 0 Å². The van der Waals surface area contributed by atoms with Gasteiger partial charge in [0.2, 0.25) is 0 Å². The number of allylic oxidation sites excluding steroid dienone is 1.